The summed E-state index contributed by atoms with van der Waals surface area (Å²) in [7, 11) is -3.74. The Bertz CT molecular complexity index is 1130. The van der Waals surface area contributed by atoms with Crippen LogP contribution in [0.1, 0.15) is 23.3 Å². The van der Waals surface area contributed by atoms with Crippen LogP contribution in [0.2, 0.25) is 0 Å². The van der Waals surface area contributed by atoms with Gasteiger partial charge in [-0.2, -0.15) is 5.10 Å². The molecule has 1 aliphatic heterocycles. The van der Waals surface area contributed by atoms with Gasteiger partial charge < -0.3 is 5.32 Å². The summed E-state index contributed by atoms with van der Waals surface area (Å²) in [5.41, 5.74) is 1.33. The fourth-order valence-corrected chi connectivity index (χ4v) is 4.60. The minimum atomic E-state index is -3.74. The first kappa shape index (κ1) is 18.4. The molecule has 10 heteroatoms. The van der Waals surface area contributed by atoms with Crippen LogP contribution in [0.4, 0.5) is 5.69 Å². The molecule has 28 heavy (non-hydrogen) atoms. The van der Waals surface area contributed by atoms with Crippen molar-refractivity contribution >= 4 is 38.8 Å². The highest BCUT2D eigenvalue weighted by Gasteiger charge is 2.19. The number of amidine groups is 1. The van der Waals surface area contributed by atoms with Crippen LogP contribution in [0.25, 0.3) is 10.6 Å². The number of nitrogens with zero attached hydrogens (tertiary/aromatic N) is 2. The lowest BCUT2D eigenvalue weighted by Crippen LogP contribution is -2.29. The zero-order chi connectivity index (χ0) is 19.6. The number of aromatic amines is 1. The number of benzene rings is 1. The molecule has 0 radical (unpaired) electrons. The maximum atomic E-state index is 12.5. The van der Waals surface area contributed by atoms with Crippen molar-refractivity contribution in [2.75, 3.05) is 11.9 Å². The molecule has 0 fully saturated rings. The number of aliphatic imine (C=N–C) groups is 1. The number of carbonyl (C=O) groups is 1. The van der Waals surface area contributed by atoms with Gasteiger partial charge in [0.15, 0.2) is 5.69 Å². The highest BCUT2D eigenvalue weighted by atomic mass is 32.2. The smallest absolute Gasteiger partial charge is 0.276 e. The van der Waals surface area contributed by atoms with Crippen molar-refractivity contribution in [3.63, 3.8) is 0 Å². The molecule has 2 aromatic heterocycles. The van der Waals surface area contributed by atoms with Gasteiger partial charge in [-0.05, 0) is 42.1 Å². The van der Waals surface area contributed by atoms with Gasteiger partial charge in [-0.15, -0.1) is 11.3 Å². The number of rotatable bonds is 5. The van der Waals surface area contributed by atoms with E-state index in [9.17, 15) is 13.2 Å². The van der Waals surface area contributed by atoms with Gasteiger partial charge in [-0.3, -0.25) is 19.6 Å². The molecule has 3 N–H and O–H groups in total. The van der Waals surface area contributed by atoms with Crippen molar-refractivity contribution in [1.29, 1.82) is 0 Å². The molecule has 3 aromatic rings. The number of H-pyrrole nitrogens is 1. The molecular formula is C18H17N5O3S2. The van der Waals surface area contributed by atoms with Crippen LogP contribution in [-0.2, 0) is 10.0 Å². The zero-order valence-corrected chi connectivity index (χ0v) is 16.3. The molecule has 1 aromatic carbocycles. The SMILES string of the molecule is O=C(Nc1cccc(S(=O)(=O)NC2=NCCC2)c1)c1cc(-c2cccs2)[nH]n1. The van der Waals surface area contributed by atoms with Crippen molar-refractivity contribution in [2.45, 2.75) is 17.7 Å². The molecule has 0 atom stereocenters. The molecule has 144 valence electrons. The van der Waals surface area contributed by atoms with Crippen molar-refractivity contribution in [3.8, 4) is 10.6 Å². The Balaban J connectivity index is 1.49. The molecule has 3 heterocycles. The summed E-state index contributed by atoms with van der Waals surface area (Å²) in [5, 5.41) is 11.5. The van der Waals surface area contributed by atoms with E-state index in [1.165, 1.54) is 23.5 Å². The topological polar surface area (TPSA) is 116 Å². The van der Waals surface area contributed by atoms with E-state index in [1.54, 1.807) is 18.2 Å². The van der Waals surface area contributed by atoms with Crippen LogP contribution in [0.5, 0.6) is 0 Å². The van der Waals surface area contributed by atoms with Crippen LogP contribution in [0.3, 0.4) is 0 Å². The number of hydrogen-bond donors (Lipinski definition) is 3. The van der Waals surface area contributed by atoms with Gasteiger partial charge >= 0.3 is 0 Å². The average molecular weight is 416 g/mol. The molecule has 0 saturated heterocycles. The first-order chi connectivity index (χ1) is 13.5. The van der Waals surface area contributed by atoms with E-state index in [1.807, 2.05) is 17.5 Å². The maximum absolute atomic E-state index is 12.5. The van der Waals surface area contributed by atoms with Crippen molar-refractivity contribution in [3.05, 3.63) is 53.5 Å². The molecule has 1 amide bonds. The van der Waals surface area contributed by atoms with Crippen LogP contribution >= 0.6 is 11.3 Å². The predicted molar refractivity (Wildman–Crippen MR) is 108 cm³/mol. The number of nitrogens with one attached hydrogen (secondary N) is 3. The van der Waals surface area contributed by atoms with Crippen LogP contribution in [0.15, 0.2) is 57.7 Å². The number of aromatic nitrogens is 2. The standard InChI is InChI=1S/C18H17N5O3S2/c24-18(15-11-14(21-22-15)16-6-3-9-27-16)20-12-4-1-5-13(10-12)28(25,26)23-17-7-2-8-19-17/h1,3-6,9-11H,2,7-8H2,(H,19,23)(H,20,24)(H,21,22). The monoisotopic (exact) mass is 415 g/mol. The molecule has 0 bridgehead atoms. The summed E-state index contributed by atoms with van der Waals surface area (Å²) in [6.45, 7) is 0.630. The Morgan fingerprint density at radius 2 is 2.07 bits per heavy atom. The van der Waals surface area contributed by atoms with Crippen LogP contribution in [0, 0.1) is 0 Å². The zero-order valence-electron chi connectivity index (χ0n) is 14.7. The summed E-state index contributed by atoms with van der Waals surface area (Å²) in [5.74, 6) is 0.0359. The summed E-state index contributed by atoms with van der Waals surface area (Å²) >= 11 is 1.54. The lowest BCUT2D eigenvalue weighted by atomic mass is 10.3. The molecule has 4 rings (SSSR count). The summed E-state index contributed by atoms with van der Waals surface area (Å²) in [4.78, 5) is 17.6. The van der Waals surface area contributed by atoms with E-state index in [2.05, 4.69) is 25.2 Å². The second kappa shape index (κ2) is 7.56. The average Bonchev–Trinajstić information content (AvgIpc) is 3.43. The second-order valence-electron chi connectivity index (χ2n) is 6.16. The number of carbonyl (C=O) groups excluding carboxylic acids is 1. The number of anilines is 1. The summed E-state index contributed by atoms with van der Waals surface area (Å²) in [6.07, 6.45) is 1.45. The Kier molecular flexibility index (Phi) is 4.97. The van der Waals surface area contributed by atoms with Gasteiger partial charge in [-0.1, -0.05) is 12.1 Å². The first-order valence-corrected chi connectivity index (χ1v) is 10.9. The number of sulfonamides is 1. The molecule has 0 unspecified atom stereocenters. The number of amides is 1. The van der Waals surface area contributed by atoms with E-state index < -0.39 is 15.9 Å². The predicted octanol–water partition coefficient (Wildman–Crippen LogP) is 2.86. The maximum Gasteiger partial charge on any atom is 0.276 e. The second-order valence-corrected chi connectivity index (χ2v) is 8.79. The van der Waals surface area contributed by atoms with E-state index in [-0.39, 0.29) is 10.6 Å². The third-order valence-electron chi connectivity index (χ3n) is 4.13. The van der Waals surface area contributed by atoms with Gasteiger partial charge in [0.05, 0.1) is 15.5 Å². The van der Waals surface area contributed by atoms with Crippen molar-refractivity contribution in [2.24, 2.45) is 4.99 Å². The Morgan fingerprint density at radius 3 is 2.82 bits per heavy atom. The normalized spacial score (nSPS) is 13.9. The largest absolute Gasteiger partial charge is 0.321 e. The molecule has 8 nitrogen and oxygen atoms in total. The molecular weight excluding hydrogens is 398 g/mol. The van der Waals surface area contributed by atoms with Crippen molar-refractivity contribution in [1.82, 2.24) is 14.9 Å². The molecule has 0 saturated carbocycles. The summed E-state index contributed by atoms with van der Waals surface area (Å²) < 4.78 is 27.5. The minimum Gasteiger partial charge on any atom is -0.321 e. The fourth-order valence-electron chi connectivity index (χ4n) is 2.77. The number of thiophene rings is 1. The molecule has 0 aliphatic carbocycles. The van der Waals surface area contributed by atoms with Gasteiger partial charge in [0, 0.05) is 18.7 Å². The molecule has 1 aliphatic rings. The number of hydrogen-bond acceptors (Lipinski definition) is 6. The Hall–Kier alpha value is -2.98. The quantitative estimate of drug-likeness (QED) is 0.594. The van der Waals surface area contributed by atoms with E-state index in [0.717, 1.165) is 17.0 Å². The molecule has 0 spiro atoms. The minimum absolute atomic E-state index is 0.0567. The third kappa shape index (κ3) is 3.97. The van der Waals surface area contributed by atoms with E-state index in [4.69, 9.17) is 0 Å². The summed E-state index contributed by atoms with van der Waals surface area (Å²) in [6, 6.07) is 11.6. The van der Waals surface area contributed by atoms with Gasteiger partial charge in [0.1, 0.15) is 5.84 Å². The van der Waals surface area contributed by atoms with E-state index in [0.29, 0.717) is 24.5 Å². The fraction of sp³-hybridized carbons (Fsp3) is 0.167. The first-order valence-electron chi connectivity index (χ1n) is 8.58. The highest BCUT2D eigenvalue weighted by Crippen LogP contribution is 2.23. The van der Waals surface area contributed by atoms with Crippen LogP contribution < -0.4 is 10.0 Å². The third-order valence-corrected chi connectivity index (χ3v) is 6.41. The van der Waals surface area contributed by atoms with Gasteiger partial charge in [0.25, 0.3) is 15.9 Å². The lowest BCUT2D eigenvalue weighted by Gasteiger charge is -2.09. The van der Waals surface area contributed by atoms with Crippen LogP contribution in [-0.4, -0.2) is 36.9 Å². The lowest BCUT2D eigenvalue weighted by molar-refractivity contribution is 0.102. The Labute approximate surface area is 165 Å². The van der Waals surface area contributed by atoms with E-state index >= 15 is 0 Å². The Morgan fingerprint density at radius 1 is 1.18 bits per heavy atom. The van der Waals surface area contributed by atoms with Gasteiger partial charge in [-0.25, -0.2) is 8.42 Å². The highest BCUT2D eigenvalue weighted by molar-refractivity contribution is 7.90. The van der Waals surface area contributed by atoms with Crippen molar-refractivity contribution < 1.29 is 13.2 Å². The van der Waals surface area contributed by atoms with Gasteiger partial charge in [0.2, 0.25) is 0 Å².